The molecule has 5 N–H and O–H groups in total. The number of carboxylic acids is 1. The minimum absolute atomic E-state index is 0.0179. The summed E-state index contributed by atoms with van der Waals surface area (Å²) in [5.74, 6) is -0.637. The van der Waals surface area contributed by atoms with E-state index in [0.29, 0.717) is 23.7 Å². The smallest absolute Gasteiger partial charge is 0.336 e. The fourth-order valence-electron chi connectivity index (χ4n) is 2.62. The second-order valence-corrected chi connectivity index (χ2v) is 6.15. The Labute approximate surface area is 163 Å². The Morgan fingerprint density at radius 3 is 2.54 bits per heavy atom. The van der Waals surface area contributed by atoms with Gasteiger partial charge in [-0.2, -0.15) is 0 Å². The zero-order valence-corrected chi connectivity index (χ0v) is 15.9. The lowest BCUT2D eigenvalue weighted by molar-refractivity contribution is 0.0693. The van der Waals surface area contributed by atoms with Crippen LogP contribution in [0.1, 0.15) is 46.0 Å². The molecule has 28 heavy (non-hydrogen) atoms. The number of hydrogen-bond acceptors (Lipinski definition) is 6. The predicted molar refractivity (Wildman–Crippen MR) is 109 cm³/mol. The van der Waals surface area contributed by atoms with Gasteiger partial charge in [0.2, 0.25) is 0 Å². The zero-order valence-electron chi connectivity index (χ0n) is 15.9. The Hall–Kier alpha value is -3.48. The van der Waals surface area contributed by atoms with Crippen LogP contribution in [0.25, 0.3) is 6.08 Å². The van der Waals surface area contributed by atoms with Crippen LogP contribution in [0.2, 0.25) is 0 Å². The van der Waals surface area contributed by atoms with E-state index in [1.165, 1.54) is 25.3 Å². The van der Waals surface area contributed by atoms with Gasteiger partial charge in [-0.1, -0.05) is 25.5 Å². The summed E-state index contributed by atoms with van der Waals surface area (Å²) in [6.07, 6.45) is 4.79. The molecule has 0 saturated heterocycles. The predicted octanol–water partition coefficient (Wildman–Crippen LogP) is 3.63. The first-order valence-electron chi connectivity index (χ1n) is 8.82. The van der Waals surface area contributed by atoms with Crippen molar-refractivity contribution in [3.05, 3.63) is 53.1 Å². The van der Waals surface area contributed by atoms with Crippen LogP contribution in [0.3, 0.4) is 0 Å². The summed E-state index contributed by atoms with van der Waals surface area (Å²) in [5.41, 5.74) is 12.0. The number of anilines is 2. The molecule has 0 amide bonds. The van der Waals surface area contributed by atoms with Gasteiger partial charge in [-0.15, -0.1) is 0 Å². The highest BCUT2D eigenvalue weighted by molar-refractivity contribution is 6.16. The molecule has 0 saturated carbocycles. The highest BCUT2D eigenvalue weighted by Crippen LogP contribution is 2.29. The lowest BCUT2D eigenvalue weighted by Crippen LogP contribution is -2.11. The van der Waals surface area contributed by atoms with Gasteiger partial charge in [-0.05, 0) is 42.3 Å². The summed E-state index contributed by atoms with van der Waals surface area (Å²) in [7, 11) is 1.54. The van der Waals surface area contributed by atoms with E-state index in [4.69, 9.17) is 20.9 Å². The maximum absolute atomic E-state index is 12.5. The van der Waals surface area contributed by atoms with Gasteiger partial charge in [0.15, 0.2) is 17.3 Å². The Kier molecular flexibility index (Phi) is 7.03. The number of allylic oxidation sites excluding steroid dienone is 1. The van der Waals surface area contributed by atoms with E-state index in [0.717, 1.165) is 12.8 Å². The largest absolute Gasteiger partial charge is 0.493 e. The number of nitrogens with two attached hydrogens (primary N) is 2. The van der Waals surface area contributed by atoms with Gasteiger partial charge >= 0.3 is 5.97 Å². The van der Waals surface area contributed by atoms with Crippen LogP contribution in [0.5, 0.6) is 11.5 Å². The molecular formula is C21H24N2O5. The van der Waals surface area contributed by atoms with Crippen LogP contribution in [0.4, 0.5) is 11.4 Å². The fraction of sp³-hybridized carbons (Fsp3) is 0.238. The molecular weight excluding hydrogens is 360 g/mol. The highest BCUT2D eigenvalue weighted by Gasteiger charge is 2.19. The third-order valence-electron chi connectivity index (χ3n) is 4.04. The van der Waals surface area contributed by atoms with Crippen LogP contribution in [0, 0.1) is 0 Å². The highest BCUT2D eigenvalue weighted by atomic mass is 16.5. The van der Waals surface area contributed by atoms with Gasteiger partial charge in [0, 0.05) is 11.4 Å². The van der Waals surface area contributed by atoms with Crippen molar-refractivity contribution in [1.29, 1.82) is 0 Å². The van der Waals surface area contributed by atoms with E-state index in [1.54, 1.807) is 24.3 Å². The van der Waals surface area contributed by atoms with E-state index < -0.39 is 11.8 Å². The van der Waals surface area contributed by atoms with E-state index >= 15 is 0 Å². The van der Waals surface area contributed by atoms with Gasteiger partial charge in [0.05, 0.1) is 24.8 Å². The summed E-state index contributed by atoms with van der Waals surface area (Å²) in [4.78, 5) is 24.0. The molecule has 2 aromatic rings. The minimum atomic E-state index is -1.27. The molecule has 0 aliphatic heterocycles. The van der Waals surface area contributed by atoms with Crippen LogP contribution in [-0.2, 0) is 0 Å². The molecule has 0 atom stereocenters. The third-order valence-corrected chi connectivity index (χ3v) is 4.04. The molecule has 0 radical (unpaired) electrons. The number of ketones is 1. The average Bonchev–Trinajstić information content (AvgIpc) is 2.66. The van der Waals surface area contributed by atoms with Crippen LogP contribution < -0.4 is 20.9 Å². The van der Waals surface area contributed by atoms with Crippen molar-refractivity contribution in [3.8, 4) is 11.5 Å². The number of methoxy groups -OCH3 is 1. The Morgan fingerprint density at radius 2 is 1.89 bits per heavy atom. The number of ether oxygens (including phenoxy) is 2. The molecule has 0 aliphatic carbocycles. The molecule has 2 rings (SSSR count). The fourth-order valence-corrected chi connectivity index (χ4v) is 2.62. The second-order valence-electron chi connectivity index (χ2n) is 6.15. The first-order valence-corrected chi connectivity index (χ1v) is 8.82. The SMILES string of the molecule is CCCCOc1ccc(C=CC(=O)c2c(N)cc(N)cc2C(=O)O)cc1OC. The van der Waals surface area contributed by atoms with Crippen molar-refractivity contribution in [2.75, 3.05) is 25.2 Å². The number of rotatable bonds is 9. The van der Waals surface area contributed by atoms with Crippen LogP contribution in [-0.4, -0.2) is 30.6 Å². The number of carbonyl (C=O) groups excluding carboxylic acids is 1. The normalized spacial score (nSPS) is 10.8. The standard InChI is InChI=1S/C21H24N2O5/c1-3-4-9-28-18-8-6-13(10-19(18)27-2)5-7-17(24)20-15(21(25)26)11-14(22)12-16(20)23/h5-8,10-12H,3-4,9,22-23H2,1-2H3,(H,25,26). The number of unbranched alkanes of at least 4 members (excludes halogenated alkanes) is 1. The monoisotopic (exact) mass is 384 g/mol. The van der Waals surface area contributed by atoms with Crippen molar-refractivity contribution >= 4 is 29.2 Å². The van der Waals surface area contributed by atoms with Crippen molar-refractivity contribution in [2.45, 2.75) is 19.8 Å². The van der Waals surface area contributed by atoms with Crippen LogP contribution in [0.15, 0.2) is 36.4 Å². The first-order chi connectivity index (χ1) is 13.4. The van der Waals surface area contributed by atoms with Gasteiger partial charge in [-0.25, -0.2) is 4.79 Å². The number of benzene rings is 2. The van der Waals surface area contributed by atoms with Gasteiger partial charge in [-0.3, -0.25) is 4.79 Å². The van der Waals surface area contributed by atoms with Gasteiger partial charge < -0.3 is 26.0 Å². The Balaban J connectivity index is 2.26. The molecule has 7 heteroatoms. The molecule has 0 heterocycles. The number of aromatic carboxylic acids is 1. The van der Waals surface area contributed by atoms with Crippen molar-refractivity contribution in [2.24, 2.45) is 0 Å². The first kappa shape index (κ1) is 20.8. The van der Waals surface area contributed by atoms with Gasteiger partial charge in [0.25, 0.3) is 0 Å². The molecule has 7 nitrogen and oxygen atoms in total. The molecule has 0 aromatic heterocycles. The molecule has 0 fully saturated rings. The number of nitrogen functional groups attached to an aromatic ring is 2. The van der Waals surface area contributed by atoms with E-state index in [1.807, 2.05) is 0 Å². The summed E-state index contributed by atoms with van der Waals surface area (Å²) < 4.78 is 11.0. The summed E-state index contributed by atoms with van der Waals surface area (Å²) >= 11 is 0. The lowest BCUT2D eigenvalue weighted by Gasteiger charge is -2.11. The molecule has 2 aromatic carbocycles. The molecule has 0 unspecified atom stereocenters. The van der Waals surface area contributed by atoms with Gasteiger partial charge in [0.1, 0.15) is 0 Å². The number of carbonyl (C=O) groups is 2. The number of carboxylic acid groups (broad SMARTS) is 1. The van der Waals surface area contributed by atoms with Crippen molar-refractivity contribution < 1.29 is 24.2 Å². The topological polar surface area (TPSA) is 125 Å². The van der Waals surface area contributed by atoms with E-state index in [-0.39, 0.29) is 22.5 Å². The summed E-state index contributed by atoms with van der Waals surface area (Å²) in [6, 6.07) is 7.84. The van der Waals surface area contributed by atoms with Crippen molar-refractivity contribution in [3.63, 3.8) is 0 Å². The van der Waals surface area contributed by atoms with Crippen LogP contribution >= 0.6 is 0 Å². The molecule has 0 aliphatic rings. The molecule has 0 bridgehead atoms. The van der Waals surface area contributed by atoms with E-state index in [9.17, 15) is 14.7 Å². The average molecular weight is 384 g/mol. The lowest BCUT2D eigenvalue weighted by atomic mass is 9.99. The third kappa shape index (κ3) is 5.03. The maximum Gasteiger partial charge on any atom is 0.336 e. The number of hydrogen-bond donors (Lipinski definition) is 3. The molecule has 0 spiro atoms. The zero-order chi connectivity index (χ0) is 20.7. The molecule has 148 valence electrons. The Morgan fingerprint density at radius 1 is 1.14 bits per heavy atom. The van der Waals surface area contributed by atoms with E-state index in [2.05, 4.69) is 6.92 Å². The quantitative estimate of drug-likeness (QED) is 0.261. The minimum Gasteiger partial charge on any atom is -0.493 e. The summed E-state index contributed by atoms with van der Waals surface area (Å²) in [5, 5.41) is 9.32. The summed E-state index contributed by atoms with van der Waals surface area (Å²) in [6.45, 7) is 2.67. The van der Waals surface area contributed by atoms with Crippen molar-refractivity contribution in [1.82, 2.24) is 0 Å². The maximum atomic E-state index is 12.5. The second kappa shape index (κ2) is 9.45. The Bertz CT molecular complexity index is 906.